The number of benzene rings is 2. The second-order valence-electron chi connectivity index (χ2n) is 4.89. The molecule has 1 fully saturated rings. The van der Waals surface area contributed by atoms with Crippen molar-refractivity contribution in [3.8, 4) is 0 Å². The molecule has 0 saturated carbocycles. The Morgan fingerprint density at radius 3 is 1.95 bits per heavy atom. The highest BCUT2D eigenvalue weighted by atomic mass is 79.9. The summed E-state index contributed by atoms with van der Waals surface area (Å²) < 4.78 is 9.98. The number of hydrogen-bond donors (Lipinski definition) is 0. The van der Waals surface area contributed by atoms with Gasteiger partial charge in [0.05, 0.1) is 19.3 Å². The molecule has 1 saturated heterocycles. The van der Waals surface area contributed by atoms with Crippen LogP contribution in [0.1, 0.15) is 0 Å². The Morgan fingerprint density at radius 1 is 1.00 bits per heavy atom. The van der Waals surface area contributed by atoms with E-state index in [1.54, 1.807) is 0 Å². The van der Waals surface area contributed by atoms with Crippen LogP contribution in [0, 0.1) is 0 Å². The molecule has 2 nitrogen and oxygen atoms in total. The number of fused-ring (bicyclic) bond motifs is 3. The monoisotopic (exact) mass is 413 g/mol. The minimum absolute atomic E-state index is 0. The van der Waals surface area contributed by atoms with E-state index in [0.717, 1.165) is 22.1 Å². The van der Waals surface area contributed by atoms with Gasteiger partial charge >= 0.3 is 0 Å². The van der Waals surface area contributed by atoms with E-state index < -0.39 is 0 Å². The summed E-state index contributed by atoms with van der Waals surface area (Å²) in [6.45, 7) is 1.82. The van der Waals surface area contributed by atoms with E-state index in [4.69, 9.17) is 4.74 Å². The summed E-state index contributed by atoms with van der Waals surface area (Å²) in [6.07, 6.45) is 0.381. The fourth-order valence-corrected chi connectivity index (χ4v) is 3.34. The van der Waals surface area contributed by atoms with Gasteiger partial charge in [0.25, 0.3) is 0 Å². The van der Waals surface area contributed by atoms with Gasteiger partial charge in [-0.05, 0) is 36.4 Å². The molecule has 1 atom stereocenters. The van der Waals surface area contributed by atoms with E-state index >= 15 is 0 Å². The molecule has 1 aliphatic heterocycles. The van der Waals surface area contributed by atoms with Gasteiger partial charge in [-0.2, -0.15) is 13.5 Å². The van der Waals surface area contributed by atoms with Crippen LogP contribution in [0.4, 0.5) is 0 Å². The highest BCUT2D eigenvalue weighted by Crippen LogP contribution is 2.33. The van der Waals surface area contributed by atoms with Crippen molar-refractivity contribution in [1.29, 1.82) is 0 Å². The Hall–Kier alpha value is -0.490. The fraction of sp³-hybridized carbons (Fsp3) is 0.200. The molecular formula is C15H13Br2NOS. The van der Waals surface area contributed by atoms with Gasteiger partial charge in [0.1, 0.15) is 0 Å². The molecular weight excluding hydrogens is 402 g/mol. The third-order valence-corrected chi connectivity index (χ3v) is 4.56. The van der Waals surface area contributed by atoms with Crippen LogP contribution in [0.2, 0.25) is 0 Å². The van der Waals surface area contributed by atoms with Crippen LogP contribution in [-0.2, 0) is 11.3 Å². The van der Waals surface area contributed by atoms with E-state index in [2.05, 4.69) is 72.8 Å². The molecule has 0 spiro atoms. The van der Waals surface area contributed by atoms with Crippen molar-refractivity contribution >= 4 is 67.2 Å². The van der Waals surface area contributed by atoms with Gasteiger partial charge in [0.15, 0.2) is 0 Å². The summed E-state index contributed by atoms with van der Waals surface area (Å²) in [4.78, 5) is 0. The number of epoxide rings is 1. The standard InChI is InChI=1S/C15H11Br2NO.H2S/c16-9-1-3-14-12(5-9)13-6-10(17)2-4-15(13)18(14)7-11-8-19-11;/h1-6,11H,7-8H2;1H2/t11-;/m0./s1. The molecule has 0 N–H and O–H groups in total. The first-order valence-corrected chi connectivity index (χ1v) is 7.79. The normalized spacial score (nSPS) is 17.4. The third-order valence-electron chi connectivity index (χ3n) is 3.58. The molecule has 5 heteroatoms. The molecule has 1 aliphatic rings. The van der Waals surface area contributed by atoms with Gasteiger partial charge in [-0.15, -0.1) is 0 Å². The topological polar surface area (TPSA) is 17.5 Å². The zero-order chi connectivity index (χ0) is 13.0. The second-order valence-corrected chi connectivity index (χ2v) is 6.72. The lowest BCUT2D eigenvalue weighted by atomic mass is 10.2. The van der Waals surface area contributed by atoms with E-state index in [9.17, 15) is 0 Å². The molecule has 0 unspecified atom stereocenters. The highest BCUT2D eigenvalue weighted by Gasteiger charge is 2.24. The molecule has 104 valence electrons. The van der Waals surface area contributed by atoms with E-state index in [-0.39, 0.29) is 13.5 Å². The lowest BCUT2D eigenvalue weighted by Crippen LogP contribution is -2.03. The van der Waals surface area contributed by atoms with Crippen molar-refractivity contribution in [3.05, 3.63) is 45.3 Å². The third kappa shape index (κ3) is 2.41. The smallest absolute Gasteiger partial charge is 0.0988 e. The minimum Gasteiger partial charge on any atom is -0.371 e. The summed E-state index contributed by atoms with van der Waals surface area (Å²) in [6, 6.07) is 12.9. The largest absolute Gasteiger partial charge is 0.371 e. The average Bonchev–Trinajstić information content (AvgIpc) is 3.16. The number of rotatable bonds is 2. The lowest BCUT2D eigenvalue weighted by molar-refractivity contribution is 0.387. The Morgan fingerprint density at radius 2 is 1.50 bits per heavy atom. The van der Waals surface area contributed by atoms with Gasteiger partial charge in [-0.25, -0.2) is 0 Å². The molecule has 0 radical (unpaired) electrons. The second kappa shape index (κ2) is 5.37. The Kier molecular flexibility index (Phi) is 3.88. The first-order chi connectivity index (χ1) is 9.22. The Bertz CT molecular complexity index is 736. The van der Waals surface area contributed by atoms with Crippen LogP contribution in [0.25, 0.3) is 21.8 Å². The molecule has 0 aliphatic carbocycles. The Labute approximate surface area is 140 Å². The SMILES string of the molecule is Brc1ccc2c(c1)c1cc(Br)ccc1n2C[C@H]1CO1.S. The van der Waals surface area contributed by atoms with Gasteiger partial charge in [0, 0.05) is 30.8 Å². The van der Waals surface area contributed by atoms with E-state index in [0.29, 0.717) is 6.10 Å². The van der Waals surface area contributed by atoms with Crippen molar-refractivity contribution < 1.29 is 4.74 Å². The first-order valence-electron chi connectivity index (χ1n) is 6.21. The quantitative estimate of drug-likeness (QED) is 0.549. The Balaban J connectivity index is 0.00000121. The van der Waals surface area contributed by atoms with Gasteiger partial charge in [-0.3, -0.25) is 0 Å². The molecule has 2 aromatic carbocycles. The molecule has 0 bridgehead atoms. The van der Waals surface area contributed by atoms with Crippen LogP contribution in [0.15, 0.2) is 45.3 Å². The van der Waals surface area contributed by atoms with Crippen molar-refractivity contribution in [1.82, 2.24) is 4.57 Å². The maximum Gasteiger partial charge on any atom is 0.0988 e. The van der Waals surface area contributed by atoms with Crippen LogP contribution >= 0.6 is 45.4 Å². The predicted octanol–water partition coefficient (Wildman–Crippen LogP) is 4.83. The predicted molar refractivity (Wildman–Crippen MR) is 95.0 cm³/mol. The van der Waals surface area contributed by atoms with Gasteiger partial charge in [0.2, 0.25) is 0 Å². The van der Waals surface area contributed by atoms with E-state index in [1.807, 2.05) is 0 Å². The van der Waals surface area contributed by atoms with Gasteiger partial charge < -0.3 is 9.30 Å². The number of aromatic nitrogens is 1. The summed E-state index contributed by atoms with van der Waals surface area (Å²) in [7, 11) is 0. The van der Waals surface area contributed by atoms with Crippen molar-refractivity contribution in [2.45, 2.75) is 12.6 Å². The van der Waals surface area contributed by atoms with Crippen molar-refractivity contribution in [2.75, 3.05) is 6.61 Å². The number of halogens is 2. The summed E-state index contributed by atoms with van der Waals surface area (Å²) in [5.74, 6) is 0. The molecule has 4 rings (SSSR count). The molecule has 1 aromatic heterocycles. The maximum atomic E-state index is 5.39. The minimum atomic E-state index is 0. The van der Waals surface area contributed by atoms with Crippen LogP contribution < -0.4 is 0 Å². The zero-order valence-corrected chi connectivity index (χ0v) is 14.7. The van der Waals surface area contributed by atoms with E-state index in [1.165, 1.54) is 21.8 Å². The first kappa shape index (κ1) is 14.4. The summed E-state index contributed by atoms with van der Waals surface area (Å²) in [5, 5.41) is 2.57. The lowest BCUT2D eigenvalue weighted by Gasteiger charge is -2.04. The maximum absolute atomic E-state index is 5.39. The van der Waals surface area contributed by atoms with Crippen LogP contribution in [0.5, 0.6) is 0 Å². The fourth-order valence-electron chi connectivity index (χ4n) is 2.62. The van der Waals surface area contributed by atoms with Crippen LogP contribution in [-0.4, -0.2) is 17.3 Å². The average molecular weight is 415 g/mol. The molecule has 2 heterocycles. The summed E-state index contributed by atoms with van der Waals surface area (Å²) in [5.41, 5.74) is 2.54. The van der Waals surface area contributed by atoms with Crippen LogP contribution in [0.3, 0.4) is 0 Å². The molecule has 0 amide bonds. The molecule has 20 heavy (non-hydrogen) atoms. The zero-order valence-electron chi connectivity index (χ0n) is 10.6. The van der Waals surface area contributed by atoms with Gasteiger partial charge in [-0.1, -0.05) is 31.9 Å². The molecule has 3 aromatic rings. The summed E-state index contributed by atoms with van der Waals surface area (Å²) >= 11 is 7.13. The van der Waals surface area contributed by atoms with Crippen molar-refractivity contribution in [2.24, 2.45) is 0 Å². The number of nitrogens with zero attached hydrogens (tertiary/aromatic N) is 1. The van der Waals surface area contributed by atoms with Crippen molar-refractivity contribution in [3.63, 3.8) is 0 Å². The highest BCUT2D eigenvalue weighted by molar-refractivity contribution is 9.10. The number of ether oxygens (including phenoxy) is 1. The number of hydrogen-bond acceptors (Lipinski definition) is 1.